The maximum absolute atomic E-state index is 9.44. The fraction of sp³-hybridized carbons (Fsp3) is 0.941. The lowest BCUT2D eigenvalue weighted by Crippen LogP contribution is -2.44. The number of unbranched alkanes of at least 4 members (excludes halogenated alkanes) is 1. The standard InChI is InChI=1S/C17H35N3/c1-6-10-13-20(16(5)7-2)14-11-12-17(8-3,15-18)19-9-4/h16,19H,6-14H2,1-5H3. The summed E-state index contributed by atoms with van der Waals surface area (Å²) in [6, 6.07) is 3.15. The molecule has 2 atom stereocenters. The number of hydrogen-bond donors (Lipinski definition) is 1. The summed E-state index contributed by atoms with van der Waals surface area (Å²) in [6.45, 7) is 14.2. The molecule has 1 N–H and O–H groups in total. The highest BCUT2D eigenvalue weighted by molar-refractivity contribution is 5.06. The van der Waals surface area contributed by atoms with E-state index in [0.717, 1.165) is 32.4 Å². The quantitative estimate of drug-likeness (QED) is 0.589. The van der Waals surface area contributed by atoms with Crippen molar-refractivity contribution in [3.63, 3.8) is 0 Å². The minimum Gasteiger partial charge on any atom is -0.301 e. The second kappa shape index (κ2) is 11.1. The van der Waals surface area contributed by atoms with Gasteiger partial charge in [0.1, 0.15) is 5.54 Å². The molecule has 0 spiro atoms. The monoisotopic (exact) mass is 281 g/mol. The minimum atomic E-state index is -0.319. The molecule has 0 saturated carbocycles. The molecule has 118 valence electrons. The molecule has 2 unspecified atom stereocenters. The number of hydrogen-bond acceptors (Lipinski definition) is 3. The van der Waals surface area contributed by atoms with Crippen LogP contribution in [0.4, 0.5) is 0 Å². The van der Waals surface area contributed by atoms with Gasteiger partial charge in [-0.05, 0) is 58.7 Å². The second-order valence-corrected chi connectivity index (χ2v) is 5.83. The highest BCUT2D eigenvalue weighted by Crippen LogP contribution is 2.18. The molecule has 0 aliphatic rings. The molecule has 0 aromatic rings. The summed E-state index contributed by atoms with van der Waals surface area (Å²) in [5.41, 5.74) is -0.319. The molecule has 0 amide bonds. The van der Waals surface area contributed by atoms with E-state index in [9.17, 15) is 5.26 Å². The Hall–Kier alpha value is -0.590. The third-order valence-electron chi connectivity index (χ3n) is 4.39. The number of nitrogens with zero attached hydrogens (tertiary/aromatic N) is 2. The normalized spacial score (nSPS) is 15.8. The summed E-state index contributed by atoms with van der Waals surface area (Å²) in [5.74, 6) is 0. The van der Waals surface area contributed by atoms with Crippen molar-refractivity contribution in [1.29, 1.82) is 5.26 Å². The fourth-order valence-electron chi connectivity index (χ4n) is 2.66. The molecule has 3 heteroatoms. The van der Waals surface area contributed by atoms with Gasteiger partial charge in [0.2, 0.25) is 0 Å². The molecule has 0 radical (unpaired) electrons. The van der Waals surface area contributed by atoms with E-state index in [4.69, 9.17) is 0 Å². The van der Waals surface area contributed by atoms with Gasteiger partial charge in [-0.3, -0.25) is 5.32 Å². The molecule has 0 bridgehead atoms. The van der Waals surface area contributed by atoms with Crippen molar-refractivity contribution in [2.45, 2.75) is 84.7 Å². The summed E-state index contributed by atoms with van der Waals surface area (Å²) in [4.78, 5) is 2.59. The van der Waals surface area contributed by atoms with Crippen LogP contribution >= 0.6 is 0 Å². The first-order valence-electron chi connectivity index (χ1n) is 8.49. The van der Waals surface area contributed by atoms with E-state index in [1.807, 2.05) is 0 Å². The van der Waals surface area contributed by atoms with Crippen LogP contribution in [0.25, 0.3) is 0 Å². The second-order valence-electron chi connectivity index (χ2n) is 5.83. The van der Waals surface area contributed by atoms with Crippen LogP contribution in [-0.2, 0) is 0 Å². The van der Waals surface area contributed by atoms with Gasteiger partial charge < -0.3 is 4.90 Å². The predicted molar refractivity (Wildman–Crippen MR) is 87.8 cm³/mol. The van der Waals surface area contributed by atoms with Crippen molar-refractivity contribution in [3.05, 3.63) is 0 Å². The van der Waals surface area contributed by atoms with Crippen LogP contribution in [0.1, 0.15) is 73.1 Å². The summed E-state index contributed by atoms with van der Waals surface area (Å²) < 4.78 is 0. The lowest BCUT2D eigenvalue weighted by molar-refractivity contribution is 0.190. The molecule has 0 fully saturated rings. The summed E-state index contributed by atoms with van der Waals surface area (Å²) in [6.07, 6.45) is 6.66. The van der Waals surface area contributed by atoms with Crippen LogP contribution in [0, 0.1) is 11.3 Å². The summed E-state index contributed by atoms with van der Waals surface area (Å²) in [7, 11) is 0. The van der Waals surface area contributed by atoms with Crippen LogP contribution in [0.15, 0.2) is 0 Å². The van der Waals surface area contributed by atoms with E-state index in [1.54, 1.807) is 0 Å². The first kappa shape index (κ1) is 19.4. The van der Waals surface area contributed by atoms with Gasteiger partial charge in [0.15, 0.2) is 0 Å². The van der Waals surface area contributed by atoms with E-state index in [-0.39, 0.29) is 5.54 Å². The van der Waals surface area contributed by atoms with Gasteiger partial charge in [-0.2, -0.15) is 5.26 Å². The van der Waals surface area contributed by atoms with Gasteiger partial charge in [0.05, 0.1) is 6.07 Å². The van der Waals surface area contributed by atoms with Crippen LogP contribution in [-0.4, -0.2) is 36.1 Å². The van der Waals surface area contributed by atoms with Crippen LogP contribution < -0.4 is 5.32 Å². The Balaban J connectivity index is 4.36. The fourth-order valence-corrected chi connectivity index (χ4v) is 2.66. The molecule has 0 heterocycles. The Morgan fingerprint density at radius 2 is 1.80 bits per heavy atom. The Morgan fingerprint density at radius 1 is 1.15 bits per heavy atom. The van der Waals surface area contributed by atoms with E-state index >= 15 is 0 Å². The third-order valence-corrected chi connectivity index (χ3v) is 4.39. The van der Waals surface area contributed by atoms with E-state index < -0.39 is 0 Å². The van der Waals surface area contributed by atoms with Crippen molar-refractivity contribution in [1.82, 2.24) is 10.2 Å². The third kappa shape index (κ3) is 6.72. The number of nitriles is 1. The number of rotatable bonds is 12. The predicted octanol–water partition coefficient (Wildman–Crippen LogP) is 3.95. The molecule has 0 aromatic heterocycles. The molecule has 0 rings (SSSR count). The molecule has 0 saturated heterocycles. The van der Waals surface area contributed by atoms with Crippen LogP contribution in [0.3, 0.4) is 0 Å². The van der Waals surface area contributed by atoms with Gasteiger partial charge in [0, 0.05) is 6.04 Å². The Bertz CT molecular complexity index is 272. The topological polar surface area (TPSA) is 39.1 Å². The van der Waals surface area contributed by atoms with E-state index in [0.29, 0.717) is 6.04 Å². The highest BCUT2D eigenvalue weighted by Gasteiger charge is 2.26. The first-order chi connectivity index (χ1) is 9.59. The van der Waals surface area contributed by atoms with E-state index in [1.165, 1.54) is 25.8 Å². The minimum absolute atomic E-state index is 0.319. The molecule has 0 aliphatic heterocycles. The molecule has 3 nitrogen and oxygen atoms in total. The summed E-state index contributed by atoms with van der Waals surface area (Å²) >= 11 is 0. The van der Waals surface area contributed by atoms with Crippen molar-refractivity contribution in [3.8, 4) is 6.07 Å². The molecule has 0 aliphatic carbocycles. The largest absolute Gasteiger partial charge is 0.301 e. The van der Waals surface area contributed by atoms with Gasteiger partial charge in [0.25, 0.3) is 0 Å². The SMILES string of the molecule is CCCCN(CCCC(C#N)(CC)NCC)C(C)CC. The number of nitrogens with one attached hydrogen (secondary N) is 1. The molecular formula is C17H35N3. The van der Waals surface area contributed by atoms with Crippen molar-refractivity contribution in [2.75, 3.05) is 19.6 Å². The highest BCUT2D eigenvalue weighted by atomic mass is 15.1. The average Bonchev–Trinajstić information content (AvgIpc) is 2.48. The van der Waals surface area contributed by atoms with Crippen LogP contribution in [0.2, 0.25) is 0 Å². The lowest BCUT2D eigenvalue weighted by Gasteiger charge is -2.31. The smallest absolute Gasteiger partial charge is 0.106 e. The molecule has 0 aromatic carbocycles. The van der Waals surface area contributed by atoms with Gasteiger partial charge >= 0.3 is 0 Å². The van der Waals surface area contributed by atoms with Gasteiger partial charge in [-0.1, -0.05) is 34.1 Å². The first-order valence-corrected chi connectivity index (χ1v) is 8.49. The maximum Gasteiger partial charge on any atom is 0.106 e. The van der Waals surface area contributed by atoms with Crippen molar-refractivity contribution < 1.29 is 0 Å². The van der Waals surface area contributed by atoms with Crippen LogP contribution in [0.5, 0.6) is 0 Å². The Morgan fingerprint density at radius 3 is 2.25 bits per heavy atom. The zero-order valence-electron chi connectivity index (χ0n) is 14.3. The maximum atomic E-state index is 9.44. The van der Waals surface area contributed by atoms with E-state index in [2.05, 4.69) is 50.9 Å². The Kier molecular flexibility index (Phi) is 10.8. The Labute approximate surface area is 126 Å². The van der Waals surface area contributed by atoms with Gasteiger partial charge in [-0.15, -0.1) is 0 Å². The van der Waals surface area contributed by atoms with Crippen molar-refractivity contribution >= 4 is 0 Å². The van der Waals surface area contributed by atoms with Gasteiger partial charge in [-0.25, -0.2) is 0 Å². The average molecular weight is 281 g/mol. The van der Waals surface area contributed by atoms with Crippen molar-refractivity contribution in [2.24, 2.45) is 0 Å². The zero-order chi connectivity index (χ0) is 15.4. The molecular weight excluding hydrogens is 246 g/mol. The lowest BCUT2D eigenvalue weighted by atomic mass is 9.91. The molecule has 20 heavy (non-hydrogen) atoms. The summed E-state index contributed by atoms with van der Waals surface area (Å²) in [5, 5.41) is 12.8. The zero-order valence-corrected chi connectivity index (χ0v) is 14.3.